The molecule has 14 heteroatoms. The van der Waals surface area contributed by atoms with Gasteiger partial charge in [-0.2, -0.15) is 4.99 Å². The molecule has 1 aliphatic rings. The monoisotopic (exact) mass is 602 g/mol. The Balaban J connectivity index is 1.47. The van der Waals surface area contributed by atoms with Gasteiger partial charge in [-0.1, -0.05) is 29.5 Å². The van der Waals surface area contributed by atoms with Crippen LogP contribution in [0.2, 0.25) is 0 Å². The summed E-state index contributed by atoms with van der Waals surface area (Å²) in [4.78, 5) is 57.3. The molecule has 1 aromatic heterocycles. The standard InChI is InChI=1S/C27H30N4O8S2/c1-3-39-26(35)19-9-10-21-22(15-19)40-27(31(21)16-25(34)38-2)28-23(32)17-41(36,37)18-24(33)30-13-11-29(12-14-30)20-7-5-4-6-8-20/h4-10,15H,3,11-14,16-18H2,1-2H3. The molecule has 2 heterocycles. The lowest BCUT2D eigenvalue weighted by Crippen LogP contribution is -2.50. The average Bonchev–Trinajstić information content (AvgIpc) is 3.28. The van der Waals surface area contributed by atoms with Crippen LogP contribution in [-0.2, 0) is 40.2 Å². The van der Waals surface area contributed by atoms with Crippen molar-refractivity contribution >= 4 is 60.8 Å². The fraction of sp³-hybridized carbons (Fsp3) is 0.370. The maximum Gasteiger partial charge on any atom is 0.338 e. The van der Waals surface area contributed by atoms with Gasteiger partial charge in [-0.15, -0.1) is 0 Å². The lowest BCUT2D eigenvalue weighted by molar-refractivity contribution is -0.141. The maximum atomic E-state index is 12.8. The van der Waals surface area contributed by atoms with Gasteiger partial charge < -0.3 is 23.8 Å². The summed E-state index contributed by atoms with van der Waals surface area (Å²) < 4.78 is 37.2. The van der Waals surface area contributed by atoms with E-state index in [1.807, 2.05) is 30.3 Å². The summed E-state index contributed by atoms with van der Waals surface area (Å²) in [6.07, 6.45) is 0. The third-order valence-electron chi connectivity index (χ3n) is 6.37. The van der Waals surface area contributed by atoms with Crippen LogP contribution in [0, 0.1) is 0 Å². The van der Waals surface area contributed by atoms with E-state index >= 15 is 0 Å². The number of fused-ring (bicyclic) bond motifs is 1. The predicted molar refractivity (Wildman–Crippen MR) is 152 cm³/mol. The number of rotatable bonds is 9. The molecular weight excluding hydrogens is 572 g/mol. The molecule has 0 aliphatic carbocycles. The predicted octanol–water partition coefficient (Wildman–Crippen LogP) is 1.24. The second-order valence-corrected chi connectivity index (χ2v) is 12.3. The molecule has 3 aromatic rings. The molecule has 0 spiro atoms. The van der Waals surface area contributed by atoms with E-state index in [0.29, 0.717) is 36.4 Å². The average molecular weight is 603 g/mol. The number of hydrogen-bond acceptors (Lipinski definition) is 10. The zero-order valence-corrected chi connectivity index (χ0v) is 24.3. The number of thiazole rings is 1. The van der Waals surface area contributed by atoms with Crippen LogP contribution < -0.4 is 9.70 Å². The molecule has 2 amide bonds. The van der Waals surface area contributed by atoms with E-state index in [0.717, 1.165) is 17.0 Å². The Hall–Kier alpha value is -4.04. The molecular formula is C27H30N4O8S2. The number of esters is 2. The third kappa shape index (κ3) is 7.58. The number of benzene rings is 2. The Morgan fingerprint density at radius 1 is 0.976 bits per heavy atom. The Kier molecular flexibility index (Phi) is 9.55. The highest BCUT2D eigenvalue weighted by molar-refractivity contribution is 7.92. The van der Waals surface area contributed by atoms with Crippen LogP contribution in [0.3, 0.4) is 0 Å². The minimum Gasteiger partial charge on any atom is -0.468 e. The molecule has 12 nitrogen and oxygen atoms in total. The summed E-state index contributed by atoms with van der Waals surface area (Å²) in [5.74, 6) is -4.48. The Morgan fingerprint density at radius 3 is 2.34 bits per heavy atom. The van der Waals surface area contributed by atoms with E-state index in [9.17, 15) is 27.6 Å². The van der Waals surface area contributed by atoms with Crippen LogP contribution >= 0.6 is 11.3 Å². The molecule has 1 fully saturated rings. The van der Waals surface area contributed by atoms with Crippen molar-refractivity contribution < 1.29 is 37.1 Å². The van der Waals surface area contributed by atoms with Gasteiger partial charge in [0.1, 0.15) is 18.1 Å². The number of piperazine rings is 1. The molecule has 4 rings (SSSR count). The maximum absolute atomic E-state index is 12.8. The molecule has 0 radical (unpaired) electrons. The smallest absolute Gasteiger partial charge is 0.338 e. The highest BCUT2D eigenvalue weighted by Gasteiger charge is 2.27. The lowest BCUT2D eigenvalue weighted by atomic mass is 10.2. The van der Waals surface area contributed by atoms with Gasteiger partial charge in [0.05, 0.1) is 29.5 Å². The van der Waals surface area contributed by atoms with Gasteiger partial charge in [-0.3, -0.25) is 14.4 Å². The quantitative estimate of drug-likeness (QED) is 0.330. The molecule has 1 aliphatic heterocycles. The van der Waals surface area contributed by atoms with Crippen LogP contribution in [0.15, 0.2) is 53.5 Å². The minimum absolute atomic E-state index is 0.0509. The highest BCUT2D eigenvalue weighted by atomic mass is 32.2. The second-order valence-electron chi connectivity index (χ2n) is 9.19. The van der Waals surface area contributed by atoms with Crippen molar-refractivity contribution in [3.63, 3.8) is 0 Å². The number of anilines is 1. The second kappa shape index (κ2) is 13.1. The van der Waals surface area contributed by atoms with Gasteiger partial charge >= 0.3 is 11.9 Å². The zero-order valence-electron chi connectivity index (χ0n) is 22.6. The topological polar surface area (TPSA) is 145 Å². The normalized spacial score (nSPS) is 14.2. The Morgan fingerprint density at radius 2 is 1.68 bits per heavy atom. The first-order valence-electron chi connectivity index (χ1n) is 12.8. The van der Waals surface area contributed by atoms with Crippen molar-refractivity contribution in [1.29, 1.82) is 0 Å². The number of hydrogen-bond donors (Lipinski definition) is 0. The molecule has 2 aromatic carbocycles. The van der Waals surface area contributed by atoms with Gasteiger partial charge in [0, 0.05) is 31.9 Å². The highest BCUT2D eigenvalue weighted by Crippen LogP contribution is 2.20. The van der Waals surface area contributed by atoms with Crippen molar-refractivity contribution in [2.45, 2.75) is 13.5 Å². The van der Waals surface area contributed by atoms with Crippen LogP contribution in [-0.4, -0.2) is 93.0 Å². The first kappa shape index (κ1) is 29.9. The van der Waals surface area contributed by atoms with Crippen LogP contribution in [0.1, 0.15) is 17.3 Å². The first-order chi connectivity index (χ1) is 19.6. The van der Waals surface area contributed by atoms with E-state index in [-0.39, 0.29) is 23.5 Å². The first-order valence-corrected chi connectivity index (χ1v) is 15.5. The summed E-state index contributed by atoms with van der Waals surface area (Å²) >= 11 is 1.00. The fourth-order valence-corrected chi connectivity index (χ4v) is 6.54. The molecule has 0 atom stereocenters. The van der Waals surface area contributed by atoms with Crippen LogP contribution in [0.5, 0.6) is 0 Å². The Bertz CT molecular complexity index is 1620. The van der Waals surface area contributed by atoms with Gasteiger partial charge in [-0.05, 0) is 37.3 Å². The van der Waals surface area contributed by atoms with Crippen molar-refractivity contribution in [2.75, 3.05) is 56.3 Å². The molecule has 0 unspecified atom stereocenters. The number of aromatic nitrogens is 1. The fourth-order valence-electron chi connectivity index (χ4n) is 4.36. The zero-order chi connectivity index (χ0) is 29.6. The summed E-state index contributed by atoms with van der Waals surface area (Å²) in [5, 5.41) is 0. The largest absolute Gasteiger partial charge is 0.468 e. The minimum atomic E-state index is -4.12. The number of nitrogens with zero attached hydrogens (tertiary/aromatic N) is 4. The van der Waals surface area contributed by atoms with E-state index in [1.54, 1.807) is 19.1 Å². The van der Waals surface area contributed by atoms with Gasteiger partial charge in [0.25, 0.3) is 5.91 Å². The van der Waals surface area contributed by atoms with E-state index < -0.39 is 45.1 Å². The summed E-state index contributed by atoms with van der Waals surface area (Å²) in [5.41, 5.74) is 1.80. The molecule has 0 saturated carbocycles. The summed E-state index contributed by atoms with van der Waals surface area (Å²) in [6, 6.07) is 14.4. The van der Waals surface area contributed by atoms with E-state index in [4.69, 9.17) is 9.47 Å². The number of carbonyl (C=O) groups excluding carboxylic acids is 4. The number of amides is 2. The number of methoxy groups -OCH3 is 1. The summed E-state index contributed by atoms with van der Waals surface area (Å²) in [7, 11) is -2.90. The number of sulfone groups is 1. The van der Waals surface area contributed by atoms with E-state index in [2.05, 4.69) is 9.89 Å². The number of para-hydroxylation sites is 1. The van der Waals surface area contributed by atoms with Crippen molar-refractivity contribution in [1.82, 2.24) is 9.47 Å². The third-order valence-corrected chi connectivity index (χ3v) is 8.78. The summed E-state index contributed by atoms with van der Waals surface area (Å²) in [6.45, 7) is 3.45. The van der Waals surface area contributed by atoms with Gasteiger partial charge in [0.15, 0.2) is 14.6 Å². The van der Waals surface area contributed by atoms with Crippen molar-refractivity contribution in [3.8, 4) is 0 Å². The molecule has 0 bridgehead atoms. The number of ether oxygens (including phenoxy) is 2. The van der Waals surface area contributed by atoms with E-state index in [1.165, 1.54) is 22.6 Å². The lowest BCUT2D eigenvalue weighted by Gasteiger charge is -2.36. The molecule has 1 saturated heterocycles. The SMILES string of the molecule is CCOC(=O)c1ccc2c(c1)sc(=NC(=O)CS(=O)(=O)CC(=O)N1CCN(c3ccccc3)CC1)n2CC(=O)OC. The molecule has 0 N–H and O–H groups in total. The molecule has 218 valence electrons. The van der Waals surface area contributed by atoms with Crippen LogP contribution in [0.4, 0.5) is 5.69 Å². The van der Waals surface area contributed by atoms with Gasteiger partial charge in [0.2, 0.25) is 5.91 Å². The number of carbonyl (C=O) groups is 4. The molecule has 41 heavy (non-hydrogen) atoms. The Labute approximate surface area is 240 Å². The van der Waals surface area contributed by atoms with Gasteiger partial charge in [-0.25, -0.2) is 13.2 Å². The van der Waals surface area contributed by atoms with Crippen molar-refractivity contribution in [3.05, 3.63) is 58.9 Å². The van der Waals surface area contributed by atoms with Crippen molar-refractivity contribution in [2.24, 2.45) is 4.99 Å². The van der Waals surface area contributed by atoms with Crippen LogP contribution in [0.25, 0.3) is 10.2 Å².